The first kappa shape index (κ1) is 12.2. The predicted molar refractivity (Wildman–Crippen MR) is 59.7 cm³/mol. The van der Waals surface area contributed by atoms with Crippen molar-refractivity contribution < 1.29 is 18.3 Å². The van der Waals surface area contributed by atoms with Crippen molar-refractivity contribution >= 4 is 5.97 Å². The highest BCUT2D eigenvalue weighted by atomic mass is 19.1. The fraction of sp³-hybridized carbons (Fsp3) is 0.0769. The van der Waals surface area contributed by atoms with Gasteiger partial charge in [0, 0.05) is 18.5 Å². The van der Waals surface area contributed by atoms with Crippen LogP contribution in [0.25, 0.3) is 0 Å². The van der Waals surface area contributed by atoms with Gasteiger partial charge in [0.15, 0.2) is 0 Å². The summed E-state index contributed by atoms with van der Waals surface area (Å²) >= 11 is 0. The first-order valence-corrected chi connectivity index (χ1v) is 5.17. The van der Waals surface area contributed by atoms with Crippen molar-refractivity contribution in [2.24, 2.45) is 0 Å². The third kappa shape index (κ3) is 3.10. The van der Waals surface area contributed by atoms with Crippen LogP contribution in [0.15, 0.2) is 42.7 Å². The molecule has 0 radical (unpaired) electrons. The monoisotopic (exact) mass is 249 g/mol. The minimum atomic E-state index is -0.706. The number of halogens is 2. The van der Waals surface area contributed by atoms with E-state index in [1.165, 1.54) is 12.4 Å². The Bertz CT molecular complexity index is 538. The number of carbonyl (C=O) groups is 1. The zero-order chi connectivity index (χ0) is 13.0. The molecule has 0 unspecified atom stereocenters. The molecule has 0 aliphatic carbocycles. The maximum absolute atomic E-state index is 12.9. The largest absolute Gasteiger partial charge is 0.457 e. The first-order valence-electron chi connectivity index (χ1n) is 5.17. The molecule has 5 heteroatoms. The molecular formula is C13H9F2NO2. The second-order valence-electron chi connectivity index (χ2n) is 3.60. The summed E-state index contributed by atoms with van der Waals surface area (Å²) in [5.74, 6) is -2.00. The van der Waals surface area contributed by atoms with Gasteiger partial charge in [-0.1, -0.05) is 0 Å². The van der Waals surface area contributed by atoms with Crippen molar-refractivity contribution in [1.82, 2.24) is 4.98 Å². The number of nitrogens with zero attached hydrogens (tertiary/aromatic N) is 1. The molecule has 0 N–H and O–H groups in total. The van der Waals surface area contributed by atoms with Crippen molar-refractivity contribution in [3.05, 3.63) is 65.5 Å². The van der Waals surface area contributed by atoms with Gasteiger partial charge in [-0.3, -0.25) is 4.98 Å². The smallest absolute Gasteiger partial charge is 0.340 e. The number of benzene rings is 1. The second kappa shape index (κ2) is 5.35. The summed E-state index contributed by atoms with van der Waals surface area (Å²) in [5.41, 5.74) is 0.541. The highest BCUT2D eigenvalue weighted by Crippen LogP contribution is 2.10. The average molecular weight is 249 g/mol. The molecule has 0 bridgehead atoms. The Morgan fingerprint density at radius 2 is 1.94 bits per heavy atom. The fourth-order valence-electron chi connectivity index (χ4n) is 1.41. The molecule has 0 atom stereocenters. The Morgan fingerprint density at radius 1 is 1.22 bits per heavy atom. The molecule has 18 heavy (non-hydrogen) atoms. The molecule has 0 amide bonds. The van der Waals surface area contributed by atoms with E-state index in [1.54, 1.807) is 12.1 Å². The van der Waals surface area contributed by atoms with E-state index in [0.717, 1.165) is 18.2 Å². The summed E-state index contributed by atoms with van der Waals surface area (Å²) in [6.45, 7) is -0.192. The molecule has 1 aromatic carbocycles. The number of aromatic nitrogens is 1. The fourth-order valence-corrected chi connectivity index (χ4v) is 1.41. The summed E-state index contributed by atoms with van der Waals surface area (Å²) in [6.07, 6.45) is 2.88. The number of hydrogen-bond donors (Lipinski definition) is 0. The van der Waals surface area contributed by atoms with Crippen molar-refractivity contribution in [2.75, 3.05) is 0 Å². The Kier molecular flexibility index (Phi) is 3.62. The summed E-state index contributed by atoms with van der Waals surface area (Å²) in [5, 5.41) is 0. The first-order chi connectivity index (χ1) is 8.65. The van der Waals surface area contributed by atoms with E-state index < -0.39 is 17.6 Å². The van der Waals surface area contributed by atoms with E-state index in [0.29, 0.717) is 0 Å². The lowest BCUT2D eigenvalue weighted by Crippen LogP contribution is -2.05. The number of ether oxygens (including phenoxy) is 1. The highest BCUT2D eigenvalue weighted by Gasteiger charge is 2.08. The molecule has 2 aromatic rings. The zero-order valence-corrected chi connectivity index (χ0v) is 9.27. The molecule has 0 aliphatic heterocycles. The predicted octanol–water partition coefficient (Wildman–Crippen LogP) is 2.72. The third-order valence-electron chi connectivity index (χ3n) is 2.19. The van der Waals surface area contributed by atoms with Gasteiger partial charge in [0.1, 0.15) is 18.2 Å². The summed E-state index contributed by atoms with van der Waals surface area (Å²) < 4.78 is 30.7. The van der Waals surface area contributed by atoms with Crippen LogP contribution in [-0.2, 0) is 11.3 Å². The van der Waals surface area contributed by atoms with Gasteiger partial charge in [0.05, 0.1) is 5.56 Å². The van der Waals surface area contributed by atoms with Crippen LogP contribution in [0.1, 0.15) is 15.9 Å². The maximum atomic E-state index is 12.9. The molecule has 0 aliphatic rings. The molecule has 3 nitrogen and oxygen atoms in total. The van der Waals surface area contributed by atoms with Gasteiger partial charge in [0.25, 0.3) is 0 Å². The lowest BCUT2D eigenvalue weighted by Gasteiger charge is -2.05. The molecule has 0 saturated heterocycles. The van der Waals surface area contributed by atoms with Crippen LogP contribution in [0.2, 0.25) is 0 Å². The van der Waals surface area contributed by atoms with Gasteiger partial charge in [-0.2, -0.15) is 0 Å². The normalized spacial score (nSPS) is 10.1. The van der Waals surface area contributed by atoms with E-state index in [-0.39, 0.29) is 17.7 Å². The lowest BCUT2D eigenvalue weighted by molar-refractivity contribution is 0.0471. The van der Waals surface area contributed by atoms with Crippen LogP contribution >= 0.6 is 0 Å². The number of pyridine rings is 1. The van der Waals surface area contributed by atoms with Crippen molar-refractivity contribution in [2.45, 2.75) is 6.61 Å². The highest BCUT2D eigenvalue weighted by molar-refractivity contribution is 5.88. The Labute approximate surface area is 102 Å². The Hall–Kier alpha value is -2.30. The van der Waals surface area contributed by atoms with E-state index in [9.17, 15) is 13.6 Å². The molecule has 2 rings (SSSR count). The minimum absolute atomic E-state index is 0.192. The van der Waals surface area contributed by atoms with E-state index in [1.807, 2.05) is 0 Å². The van der Waals surface area contributed by atoms with Crippen molar-refractivity contribution in [3.63, 3.8) is 0 Å². The number of esters is 1. The molecule has 92 valence electrons. The van der Waals surface area contributed by atoms with Crippen LogP contribution in [0, 0.1) is 11.6 Å². The number of carbonyl (C=O) groups excluding carboxylic acids is 1. The molecule has 0 fully saturated rings. The topological polar surface area (TPSA) is 39.2 Å². The zero-order valence-electron chi connectivity index (χ0n) is 9.27. The molecule has 0 spiro atoms. The van der Waals surface area contributed by atoms with Gasteiger partial charge in [-0.15, -0.1) is 0 Å². The van der Waals surface area contributed by atoms with Gasteiger partial charge >= 0.3 is 5.97 Å². The molecule has 1 heterocycles. The number of rotatable bonds is 3. The quantitative estimate of drug-likeness (QED) is 0.785. The maximum Gasteiger partial charge on any atom is 0.340 e. The van der Waals surface area contributed by atoms with E-state index in [2.05, 4.69) is 4.98 Å². The summed E-state index contributed by atoms with van der Waals surface area (Å²) in [6, 6.07) is 6.12. The van der Waals surface area contributed by atoms with E-state index >= 15 is 0 Å². The Balaban J connectivity index is 2.02. The van der Waals surface area contributed by atoms with Crippen LogP contribution in [0.3, 0.4) is 0 Å². The molecule has 0 saturated carbocycles. The standard InChI is InChI=1S/C13H9F2NO2/c14-11-4-9(5-12(15)6-11)8-18-13(17)10-2-1-3-16-7-10/h1-7H,8H2. The summed E-state index contributed by atoms with van der Waals surface area (Å²) in [7, 11) is 0. The summed E-state index contributed by atoms with van der Waals surface area (Å²) in [4.78, 5) is 15.3. The van der Waals surface area contributed by atoms with Crippen molar-refractivity contribution in [3.8, 4) is 0 Å². The van der Waals surface area contributed by atoms with Crippen LogP contribution in [0.5, 0.6) is 0 Å². The van der Waals surface area contributed by atoms with Crippen LogP contribution < -0.4 is 0 Å². The third-order valence-corrected chi connectivity index (χ3v) is 2.19. The molecule has 1 aromatic heterocycles. The minimum Gasteiger partial charge on any atom is -0.457 e. The number of hydrogen-bond acceptors (Lipinski definition) is 3. The second-order valence-corrected chi connectivity index (χ2v) is 3.60. The average Bonchev–Trinajstić information content (AvgIpc) is 2.36. The van der Waals surface area contributed by atoms with Crippen molar-refractivity contribution in [1.29, 1.82) is 0 Å². The molecular weight excluding hydrogens is 240 g/mol. The van der Waals surface area contributed by atoms with Gasteiger partial charge in [-0.05, 0) is 29.8 Å². The lowest BCUT2D eigenvalue weighted by atomic mass is 10.2. The van der Waals surface area contributed by atoms with Gasteiger partial charge in [-0.25, -0.2) is 13.6 Å². The van der Waals surface area contributed by atoms with Crippen LogP contribution in [0.4, 0.5) is 8.78 Å². The SMILES string of the molecule is O=C(OCc1cc(F)cc(F)c1)c1cccnc1. The van der Waals surface area contributed by atoms with E-state index in [4.69, 9.17) is 4.74 Å². The Morgan fingerprint density at radius 3 is 2.56 bits per heavy atom. The van der Waals surface area contributed by atoms with Gasteiger partial charge < -0.3 is 4.74 Å². The van der Waals surface area contributed by atoms with Crippen LogP contribution in [-0.4, -0.2) is 11.0 Å². The van der Waals surface area contributed by atoms with Gasteiger partial charge in [0.2, 0.25) is 0 Å².